The van der Waals surface area contributed by atoms with Crippen LogP contribution in [-0.2, 0) is 17.8 Å². The van der Waals surface area contributed by atoms with Crippen molar-refractivity contribution < 1.29 is 9.53 Å². The third-order valence-electron chi connectivity index (χ3n) is 10.2. The van der Waals surface area contributed by atoms with E-state index < -0.39 is 0 Å². The summed E-state index contributed by atoms with van der Waals surface area (Å²) >= 11 is 0. The first-order chi connectivity index (χ1) is 21.4. The molecule has 3 atom stereocenters. The maximum absolute atomic E-state index is 12.6. The smallest absolute Gasteiger partial charge is 0.246 e. The molecule has 4 aliphatic rings. The minimum Gasteiger partial charge on any atom is -0.475 e. The molecule has 1 aromatic carbocycles. The van der Waals surface area contributed by atoms with Crippen molar-refractivity contribution in [2.24, 2.45) is 0 Å². The molecule has 0 bridgehead atoms. The Hall–Kier alpha value is -4.10. The van der Waals surface area contributed by atoms with Crippen molar-refractivity contribution in [1.29, 1.82) is 5.26 Å². The molecule has 2 aromatic heterocycles. The van der Waals surface area contributed by atoms with E-state index in [2.05, 4.69) is 70.6 Å². The Morgan fingerprint density at radius 3 is 2.75 bits per heavy atom. The van der Waals surface area contributed by atoms with Gasteiger partial charge in [-0.25, -0.2) is 4.98 Å². The zero-order valence-electron chi connectivity index (χ0n) is 26.1. The highest BCUT2D eigenvalue weighted by molar-refractivity contribution is 5.94. The first kappa shape index (κ1) is 28.7. The third kappa shape index (κ3) is 4.97. The number of fused-ring (bicyclic) bond motifs is 2. The Morgan fingerprint density at radius 1 is 1.18 bits per heavy atom. The molecule has 0 spiro atoms. The number of nitrogens with zero attached hydrogens (tertiary/aromatic N) is 7. The standard InChI is InChI=1S/C34H42N8O2/c1-5-31(43)41-17-22(3)42(18-21(41)2)33-26-12-14-40(32-25(23-8-9-23)10-11-29-28(32)16-36-38-29)19-30(26)37-34(27(33)15-35)44-20-24-7-6-13-39(24)4/h5,10-11,16,21-24H,1,6-9,12-14,17-20H2,2-4H3,(H,36,38)/t21-,22+,24+/m1/s1. The number of pyridine rings is 1. The van der Waals surface area contributed by atoms with E-state index in [1.807, 2.05) is 11.1 Å². The molecule has 230 valence electrons. The number of piperazine rings is 1. The molecule has 1 saturated carbocycles. The van der Waals surface area contributed by atoms with Gasteiger partial charge in [0.15, 0.2) is 0 Å². The summed E-state index contributed by atoms with van der Waals surface area (Å²) < 4.78 is 6.48. The predicted octanol–water partition coefficient (Wildman–Crippen LogP) is 4.35. The van der Waals surface area contributed by atoms with Crippen molar-refractivity contribution in [2.45, 2.75) is 76.5 Å². The first-order valence-electron chi connectivity index (χ1n) is 16.1. The summed E-state index contributed by atoms with van der Waals surface area (Å²) in [5.41, 5.74) is 7.22. The van der Waals surface area contributed by atoms with Gasteiger partial charge in [-0.1, -0.05) is 12.6 Å². The van der Waals surface area contributed by atoms with Crippen molar-refractivity contribution in [3.63, 3.8) is 0 Å². The van der Waals surface area contributed by atoms with E-state index in [0.29, 0.717) is 49.6 Å². The molecule has 3 aliphatic heterocycles. The van der Waals surface area contributed by atoms with Crippen LogP contribution in [0.4, 0.5) is 11.4 Å². The highest BCUT2D eigenvalue weighted by Gasteiger charge is 2.38. The number of benzene rings is 1. The maximum atomic E-state index is 12.6. The Labute approximate surface area is 259 Å². The number of rotatable bonds is 7. The summed E-state index contributed by atoms with van der Waals surface area (Å²) in [6, 6.07) is 7.23. The monoisotopic (exact) mass is 594 g/mol. The number of likely N-dealkylation sites (tertiary alicyclic amines) is 1. The van der Waals surface area contributed by atoms with Crippen LogP contribution >= 0.6 is 0 Å². The van der Waals surface area contributed by atoms with Crippen molar-refractivity contribution >= 4 is 28.2 Å². The molecule has 1 aliphatic carbocycles. The normalized spacial score (nSPS) is 24.0. The van der Waals surface area contributed by atoms with Crippen LogP contribution in [0.3, 0.4) is 0 Å². The van der Waals surface area contributed by atoms with Gasteiger partial charge in [0.1, 0.15) is 18.2 Å². The van der Waals surface area contributed by atoms with Gasteiger partial charge < -0.3 is 24.3 Å². The third-order valence-corrected chi connectivity index (χ3v) is 10.2. The second-order valence-corrected chi connectivity index (χ2v) is 13.1. The second kappa shape index (κ2) is 11.4. The van der Waals surface area contributed by atoms with Crippen molar-refractivity contribution in [3.8, 4) is 11.9 Å². The van der Waals surface area contributed by atoms with Crippen LogP contribution < -0.4 is 14.5 Å². The van der Waals surface area contributed by atoms with Gasteiger partial charge in [0.05, 0.1) is 35.3 Å². The molecule has 1 N–H and O–H groups in total. The molecule has 0 radical (unpaired) electrons. The summed E-state index contributed by atoms with van der Waals surface area (Å²) in [4.78, 5) is 26.8. The Kier molecular flexibility index (Phi) is 7.45. The first-order valence-corrected chi connectivity index (χ1v) is 16.1. The molecule has 10 heteroatoms. The largest absolute Gasteiger partial charge is 0.475 e. The molecule has 3 aromatic rings. The molecule has 10 nitrogen and oxygen atoms in total. The van der Waals surface area contributed by atoms with Gasteiger partial charge in [-0.3, -0.25) is 9.89 Å². The fraction of sp³-hybridized carbons (Fsp3) is 0.529. The summed E-state index contributed by atoms with van der Waals surface area (Å²) in [6.45, 7) is 12.1. The number of aromatic amines is 1. The number of carbonyl (C=O) groups excluding carboxylic acids is 1. The van der Waals surface area contributed by atoms with Gasteiger partial charge in [0, 0.05) is 48.7 Å². The number of likely N-dealkylation sites (N-methyl/N-ethyl adjacent to an activating group) is 1. The summed E-state index contributed by atoms with van der Waals surface area (Å²) in [5, 5.41) is 19.3. The van der Waals surface area contributed by atoms with Crippen LogP contribution in [-0.4, -0.2) is 88.8 Å². The van der Waals surface area contributed by atoms with Crippen molar-refractivity contribution in [3.05, 3.63) is 53.4 Å². The van der Waals surface area contributed by atoms with Gasteiger partial charge in [-0.05, 0) is 83.2 Å². The molecular formula is C34H42N8O2. The number of anilines is 2. The Morgan fingerprint density at radius 2 is 2.02 bits per heavy atom. The molecule has 0 unspecified atom stereocenters. The van der Waals surface area contributed by atoms with E-state index in [1.54, 1.807) is 0 Å². The van der Waals surface area contributed by atoms with Crippen molar-refractivity contribution in [1.82, 2.24) is 25.0 Å². The van der Waals surface area contributed by atoms with Crippen LogP contribution in [0.5, 0.6) is 5.88 Å². The zero-order valence-corrected chi connectivity index (χ0v) is 26.1. The van der Waals surface area contributed by atoms with E-state index in [9.17, 15) is 10.1 Å². The molecule has 44 heavy (non-hydrogen) atoms. The van der Waals surface area contributed by atoms with Crippen LogP contribution in [0.2, 0.25) is 0 Å². The Balaban J connectivity index is 1.30. The van der Waals surface area contributed by atoms with E-state index in [1.165, 1.54) is 30.2 Å². The lowest BCUT2D eigenvalue weighted by Crippen LogP contribution is -2.58. The summed E-state index contributed by atoms with van der Waals surface area (Å²) in [7, 11) is 2.14. The van der Waals surface area contributed by atoms with Gasteiger partial charge >= 0.3 is 0 Å². The number of nitriles is 1. The quantitative estimate of drug-likeness (QED) is 0.403. The van der Waals surface area contributed by atoms with Crippen LogP contribution in [0.15, 0.2) is 31.0 Å². The SMILES string of the molecule is C=CC(=O)N1C[C@H](C)N(c2c(C#N)c(OC[C@@H]3CCCN3C)nc3c2CCN(c2c(C4CC4)ccc4[nH]ncc24)C3)C[C@H]1C. The Bertz CT molecular complexity index is 1640. The molecule has 7 rings (SSSR count). The van der Waals surface area contributed by atoms with Gasteiger partial charge in [0.25, 0.3) is 0 Å². The highest BCUT2D eigenvalue weighted by Crippen LogP contribution is 2.48. The van der Waals surface area contributed by atoms with E-state index >= 15 is 0 Å². The maximum Gasteiger partial charge on any atom is 0.246 e. The van der Waals surface area contributed by atoms with Crippen LogP contribution in [0, 0.1) is 11.3 Å². The summed E-state index contributed by atoms with van der Waals surface area (Å²) in [5.74, 6) is 0.965. The van der Waals surface area contributed by atoms with Gasteiger partial charge in [-0.15, -0.1) is 0 Å². The number of aromatic nitrogens is 3. The van der Waals surface area contributed by atoms with E-state index in [0.717, 1.165) is 60.2 Å². The fourth-order valence-electron chi connectivity index (χ4n) is 7.57. The van der Waals surface area contributed by atoms with Crippen LogP contribution in [0.1, 0.15) is 67.8 Å². The molecular weight excluding hydrogens is 552 g/mol. The average molecular weight is 595 g/mol. The topological polar surface area (TPSA) is 105 Å². The molecule has 3 fully saturated rings. The average Bonchev–Trinajstić information content (AvgIpc) is 3.62. The number of hydrogen-bond donors (Lipinski definition) is 1. The second-order valence-electron chi connectivity index (χ2n) is 13.1. The number of nitrogens with one attached hydrogen (secondary N) is 1. The number of carbonyl (C=O) groups is 1. The molecule has 2 saturated heterocycles. The van der Waals surface area contributed by atoms with E-state index in [-0.39, 0.29) is 18.0 Å². The lowest BCUT2D eigenvalue weighted by atomic mass is 9.94. The van der Waals surface area contributed by atoms with Gasteiger partial charge in [0.2, 0.25) is 11.8 Å². The van der Waals surface area contributed by atoms with E-state index in [4.69, 9.17) is 9.72 Å². The number of H-pyrrole nitrogens is 1. The fourth-order valence-corrected chi connectivity index (χ4v) is 7.57. The predicted molar refractivity (Wildman–Crippen MR) is 171 cm³/mol. The lowest BCUT2D eigenvalue weighted by molar-refractivity contribution is -0.128. The molecule has 5 heterocycles. The van der Waals surface area contributed by atoms with Crippen molar-refractivity contribution in [2.75, 3.05) is 49.6 Å². The number of amides is 1. The number of hydrogen-bond acceptors (Lipinski definition) is 8. The molecule has 1 amide bonds. The lowest BCUT2D eigenvalue weighted by Gasteiger charge is -2.46. The van der Waals surface area contributed by atoms with Crippen LogP contribution in [0.25, 0.3) is 10.9 Å². The van der Waals surface area contributed by atoms with Gasteiger partial charge in [-0.2, -0.15) is 10.4 Å². The number of ether oxygens (including phenoxy) is 1. The minimum atomic E-state index is -0.0542. The zero-order chi connectivity index (χ0) is 30.5. The highest BCUT2D eigenvalue weighted by atomic mass is 16.5. The summed E-state index contributed by atoms with van der Waals surface area (Å²) in [6.07, 6.45) is 8.78. The minimum absolute atomic E-state index is 0.0155.